The Balaban J connectivity index is 2.92. The Bertz CT molecular complexity index is 319. The van der Waals surface area contributed by atoms with Crippen LogP contribution in [0.2, 0.25) is 0 Å². The van der Waals surface area contributed by atoms with Crippen LogP contribution in [0.5, 0.6) is 0 Å². The molecule has 0 radical (unpaired) electrons. The van der Waals surface area contributed by atoms with Gasteiger partial charge in [-0.25, -0.2) is 0 Å². The lowest BCUT2D eigenvalue weighted by molar-refractivity contribution is 0.106. The predicted molar refractivity (Wildman–Crippen MR) is 63.0 cm³/mol. The molecule has 0 fully saturated rings. The molecule has 0 aliphatic rings. The summed E-state index contributed by atoms with van der Waals surface area (Å²) in [5.74, 6) is 0.0255. The van der Waals surface area contributed by atoms with Gasteiger partial charge in [-0.2, -0.15) is 0 Å². The number of halogens is 1. The third-order valence-corrected chi connectivity index (χ3v) is 2.42. The molecule has 0 amide bonds. The third-order valence-electron chi connectivity index (χ3n) is 1.69. The Hall–Kier alpha value is -0.710. The van der Waals surface area contributed by atoms with Crippen molar-refractivity contribution in [3.05, 3.63) is 35.9 Å². The molecule has 0 unspecified atom stereocenters. The molecule has 0 aliphatic heterocycles. The lowest BCUT2D eigenvalue weighted by Gasteiger charge is -2.00. The van der Waals surface area contributed by atoms with Crippen LogP contribution >= 0.6 is 22.6 Å². The summed E-state index contributed by atoms with van der Waals surface area (Å²) < 4.78 is 0.655. The average Bonchev–Trinajstić information content (AvgIpc) is 2.21. The van der Waals surface area contributed by atoms with E-state index < -0.39 is 0 Å². The lowest BCUT2D eigenvalue weighted by Crippen LogP contribution is -2.15. The van der Waals surface area contributed by atoms with Crippen molar-refractivity contribution in [1.29, 1.82) is 0 Å². The number of Topliss-reactive ketones (excluding diaryl/α,β-unsaturated/α-hetero) is 1. The molecule has 0 aromatic heterocycles. The minimum absolute atomic E-state index is 0.0255. The van der Waals surface area contributed by atoms with Crippen LogP contribution in [0.3, 0.4) is 0 Å². The molecule has 0 aliphatic carbocycles. The largest absolute Gasteiger partial charge is 0.288 e. The van der Waals surface area contributed by atoms with Gasteiger partial charge < -0.3 is 0 Å². The summed E-state index contributed by atoms with van der Waals surface area (Å²) in [6.45, 7) is 0. The predicted octanol–water partition coefficient (Wildman–Crippen LogP) is 2.38. The Morgan fingerprint density at radius 2 is 2.00 bits per heavy atom. The molecule has 68 valence electrons. The van der Waals surface area contributed by atoms with Crippen molar-refractivity contribution >= 4 is 34.1 Å². The Morgan fingerprint density at radius 1 is 1.38 bits per heavy atom. The molecule has 13 heavy (non-hydrogen) atoms. The zero-order valence-corrected chi connectivity index (χ0v) is 9.48. The van der Waals surface area contributed by atoms with Gasteiger partial charge in [-0.1, -0.05) is 52.9 Å². The summed E-state index contributed by atoms with van der Waals surface area (Å²) in [6, 6.07) is 9.21. The molecule has 0 atom stereocenters. The molecule has 1 aromatic rings. The summed E-state index contributed by atoms with van der Waals surface area (Å²) in [4.78, 5) is 15.6. The van der Waals surface area contributed by atoms with Crippen LogP contribution in [0.4, 0.5) is 0 Å². The molecule has 2 nitrogen and oxygen atoms in total. The second-order valence-corrected chi connectivity index (χ2v) is 3.26. The van der Waals surface area contributed by atoms with Gasteiger partial charge in [-0.05, 0) is 0 Å². The fourth-order valence-corrected chi connectivity index (χ4v) is 1.67. The molecule has 0 saturated heterocycles. The van der Waals surface area contributed by atoms with Gasteiger partial charge in [0.15, 0.2) is 0 Å². The summed E-state index contributed by atoms with van der Waals surface area (Å²) in [5.41, 5.74) is 1.33. The maximum Gasteiger partial charge on any atom is 0.207 e. The summed E-state index contributed by atoms with van der Waals surface area (Å²) in [7, 11) is 1.65. The van der Waals surface area contributed by atoms with Crippen LogP contribution in [-0.4, -0.2) is 23.0 Å². The van der Waals surface area contributed by atoms with E-state index >= 15 is 0 Å². The zero-order chi connectivity index (χ0) is 9.68. The van der Waals surface area contributed by atoms with Gasteiger partial charge in [-0.15, -0.1) is 0 Å². The summed E-state index contributed by atoms with van der Waals surface area (Å²) in [6.07, 6.45) is 0. The van der Waals surface area contributed by atoms with Gasteiger partial charge in [0.05, 0.1) is 5.71 Å². The lowest BCUT2D eigenvalue weighted by atomic mass is 10.1. The monoisotopic (exact) mass is 287 g/mol. The molecule has 0 heterocycles. The second-order valence-electron chi connectivity index (χ2n) is 2.50. The SMILES string of the molecule is C/N=C(\CI)C(=O)c1ccccc1. The third kappa shape index (κ3) is 2.62. The van der Waals surface area contributed by atoms with E-state index in [1.54, 1.807) is 19.2 Å². The number of carbonyl (C=O) groups excluding carboxylic acids is 1. The van der Waals surface area contributed by atoms with Crippen molar-refractivity contribution in [3.63, 3.8) is 0 Å². The first-order chi connectivity index (χ1) is 6.29. The van der Waals surface area contributed by atoms with Crippen molar-refractivity contribution < 1.29 is 4.79 Å². The quantitative estimate of drug-likeness (QED) is 0.363. The highest BCUT2D eigenvalue weighted by Crippen LogP contribution is 2.03. The number of ketones is 1. The first-order valence-electron chi connectivity index (χ1n) is 3.91. The van der Waals surface area contributed by atoms with E-state index in [1.165, 1.54) is 0 Å². The van der Waals surface area contributed by atoms with Gasteiger partial charge in [0.2, 0.25) is 5.78 Å². The van der Waals surface area contributed by atoms with Crippen LogP contribution in [0.1, 0.15) is 10.4 Å². The van der Waals surface area contributed by atoms with Crippen molar-refractivity contribution in [2.45, 2.75) is 0 Å². The van der Waals surface area contributed by atoms with Crippen molar-refractivity contribution in [3.8, 4) is 0 Å². The number of carbonyl (C=O) groups is 1. The molecular formula is C10H10INO. The van der Waals surface area contributed by atoms with Crippen molar-refractivity contribution in [1.82, 2.24) is 0 Å². The highest BCUT2D eigenvalue weighted by Gasteiger charge is 2.10. The Morgan fingerprint density at radius 3 is 2.46 bits per heavy atom. The van der Waals surface area contributed by atoms with E-state index in [0.29, 0.717) is 15.7 Å². The van der Waals surface area contributed by atoms with E-state index in [-0.39, 0.29) is 5.78 Å². The van der Waals surface area contributed by atoms with Crippen LogP contribution in [-0.2, 0) is 0 Å². The van der Waals surface area contributed by atoms with Crippen molar-refractivity contribution in [2.75, 3.05) is 11.5 Å². The number of alkyl halides is 1. The normalized spacial score (nSPS) is 11.4. The standard InChI is InChI=1S/C10H10INO/c1-12-9(7-11)10(13)8-5-3-2-4-6-8/h2-6H,7H2,1H3/b12-9+. The molecule has 0 saturated carbocycles. The Kier molecular flexibility index (Phi) is 4.08. The van der Waals surface area contributed by atoms with E-state index in [9.17, 15) is 4.79 Å². The fraction of sp³-hybridized carbons (Fsp3) is 0.200. The topological polar surface area (TPSA) is 29.4 Å². The highest BCUT2D eigenvalue weighted by atomic mass is 127. The highest BCUT2D eigenvalue weighted by molar-refractivity contribution is 14.1. The minimum atomic E-state index is 0.0255. The van der Waals surface area contributed by atoms with Gasteiger partial charge in [0, 0.05) is 17.0 Å². The van der Waals surface area contributed by atoms with Crippen LogP contribution in [0, 0.1) is 0 Å². The smallest absolute Gasteiger partial charge is 0.207 e. The molecule has 1 rings (SSSR count). The van der Waals surface area contributed by atoms with E-state index in [4.69, 9.17) is 0 Å². The first kappa shape index (κ1) is 10.4. The van der Waals surface area contributed by atoms with Crippen LogP contribution in [0.15, 0.2) is 35.3 Å². The number of aliphatic imine (C=N–C) groups is 1. The number of nitrogens with zero attached hydrogens (tertiary/aromatic N) is 1. The Labute approximate surface area is 91.2 Å². The molecule has 1 aromatic carbocycles. The van der Waals surface area contributed by atoms with E-state index in [2.05, 4.69) is 27.6 Å². The van der Waals surface area contributed by atoms with E-state index in [1.807, 2.05) is 18.2 Å². The summed E-state index contributed by atoms with van der Waals surface area (Å²) in [5, 5.41) is 0. The molecule has 0 bridgehead atoms. The van der Waals surface area contributed by atoms with Gasteiger partial charge in [0.1, 0.15) is 0 Å². The van der Waals surface area contributed by atoms with Crippen LogP contribution in [0.25, 0.3) is 0 Å². The maximum absolute atomic E-state index is 11.7. The number of hydrogen-bond acceptors (Lipinski definition) is 2. The molecule has 0 N–H and O–H groups in total. The van der Waals surface area contributed by atoms with Crippen molar-refractivity contribution in [2.24, 2.45) is 4.99 Å². The fourth-order valence-electron chi connectivity index (χ4n) is 0.978. The molecule has 3 heteroatoms. The average molecular weight is 287 g/mol. The minimum Gasteiger partial charge on any atom is -0.288 e. The van der Waals surface area contributed by atoms with Gasteiger partial charge in [0.25, 0.3) is 0 Å². The first-order valence-corrected chi connectivity index (χ1v) is 5.43. The number of benzene rings is 1. The second kappa shape index (κ2) is 5.11. The van der Waals surface area contributed by atoms with Crippen LogP contribution < -0.4 is 0 Å². The molecular weight excluding hydrogens is 277 g/mol. The number of hydrogen-bond donors (Lipinski definition) is 0. The van der Waals surface area contributed by atoms with Gasteiger partial charge >= 0.3 is 0 Å². The summed E-state index contributed by atoms with van der Waals surface area (Å²) >= 11 is 2.14. The zero-order valence-electron chi connectivity index (χ0n) is 7.33. The van der Waals surface area contributed by atoms with Gasteiger partial charge in [-0.3, -0.25) is 9.79 Å². The maximum atomic E-state index is 11.7. The molecule has 0 spiro atoms. The van der Waals surface area contributed by atoms with E-state index in [0.717, 1.165) is 0 Å². The number of rotatable bonds is 3.